The Labute approximate surface area is 141 Å². The summed E-state index contributed by atoms with van der Waals surface area (Å²) in [5, 5.41) is 0. The van der Waals surface area contributed by atoms with Gasteiger partial charge in [-0.2, -0.15) is 0 Å². The predicted molar refractivity (Wildman–Crippen MR) is 94.4 cm³/mol. The number of nitrogens with zero attached hydrogens (tertiary/aromatic N) is 4. The minimum absolute atomic E-state index is 0.409. The highest BCUT2D eigenvalue weighted by Gasteiger charge is 2.27. The zero-order valence-corrected chi connectivity index (χ0v) is 15.0. The van der Waals surface area contributed by atoms with Gasteiger partial charge in [0.2, 0.25) is 0 Å². The molecule has 1 aromatic rings. The third kappa shape index (κ3) is 4.51. The molecule has 0 spiro atoms. The van der Waals surface area contributed by atoms with Crippen molar-refractivity contribution in [1.29, 1.82) is 0 Å². The van der Waals surface area contributed by atoms with Crippen molar-refractivity contribution in [1.82, 2.24) is 19.8 Å². The molecule has 0 aliphatic carbocycles. The van der Waals surface area contributed by atoms with Gasteiger partial charge in [0.05, 0.1) is 0 Å². The molecule has 3 rings (SSSR count). The van der Waals surface area contributed by atoms with E-state index in [2.05, 4.69) is 40.5 Å². The summed E-state index contributed by atoms with van der Waals surface area (Å²) in [6.45, 7) is 12.7. The van der Waals surface area contributed by atoms with E-state index in [1.807, 2.05) is 12.4 Å². The molecule has 1 aromatic heterocycles. The number of rotatable bonds is 4. The lowest BCUT2D eigenvalue weighted by molar-refractivity contribution is 0.0728. The zero-order valence-electron chi connectivity index (χ0n) is 15.0. The average Bonchev–Trinajstić information content (AvgIpc) is 2.56. The third-order valence-electron chi connectivity index (χ3n) is 5.41. The maximum absolute atomic E-state index is 4.49. The molecule has 3 heterocycles. The first-order valence-electron chi connectivity index (χ1n) is 9.39. The maximum Gasteiger partial charge on any atom is 0.130 e. The highest BCUT2D eigenvalue weighted by atomic mass is 15.2. The lowest BCUT2D eigenvalue weighted by atomic mass is 9.95. The summed E-state index contributed by atoms with van der Waals surface area (Å²) in [4.78, 5) is 14.3. The predicted octanol–water partition coefficient (Wildman–Crippen LogP) is 3.30. The molecule has 2 saturated heterocycles. The first kappa shape index (κ1) is 16.8. The lowest BCUT2D eigenvalue weighted by Crippen LogP contribution is -2.47. The van der Waals surface area contributed by atoms with Gasteiger partial charge >= 0.3 is 0 Å². The summed E-state index contributed by atoms with van der Waals surface area (Å²) in [6.07, 6.45) is 9.47. The summed E-state index contributed by atoms with van der Waals surface area (Å²) in [5.41, 5.74) is 1.25. The zero-order chi connectivity index (χ0) is 16.2. The molecule has 23 heavy (non-hydrogen) atoms. The highest BCUT2D eigenvalue weighted by molar-refractivity contribution is 5.07. The van der Waals surface area contributed by atoms with Crippen molar-refractivity contribution in [3.05, 3.63) is 23.8 Å². The normalized spacial score (nSPS) is 25.1. The standard InChI is InChI=1S/C19H32N4/c1-15(2)19-20-11-17(12-21-19)14-22-9-6-18(7-10-22)23-8-4-5-16(3)13-23/h11-12,15-16,18H,4-10,13-14H2,1-3H3/t16-/m1/s1. The van der Waals surface area contributed by atoms with Crippen LogP contribution in [-0.4, -0.2) is 52.0 Å². The molecular formula is C19H32N4. The minimum Gasteiger partial charge on any atom is -0.300 e. The first-order chi connectivity index (χ1) is 11.1. The van der Waals surface area contributed by atoms with Crippen LogP contribution >= 0.6 is 0 Å². The second-order valence-electron chi connectivity index (χ2n) is 7.85. The van der Waals surface area contributed by atoms with Gasteiger partial charge in [-0.05, 0) is 51.2 Å². The van der Waals surface area contributed by atoms with Crippen LogP contribution in [0.1, 0.15) is 63.8 Å². The van der Waals surface area contributed by atoms with Gasteiger partial charge in [-0.25, -0.2) is 9.97 Å². The van der Waals surface area contributed by atoms with Gasteiger partial charge in [0.15, 0.2) is 0 Å². The van der Waals surface area contributed by atoms with E-state index in [1.54, 1.807) is 0 Å². The van der Waals surface area contributed by atoms with Crippen LogP contribution in [-0.2, 0) is 6.54 Å². The molecule has 128 valence electrons. The summed E-state index contributed by atoms with van der Waals surface area (Å²) in [5.74, 6) is 2.25. The number of hydrogen-bond donors (Lipinski definition) is 0. The fourth-order valence-corrected chi connectivity index (χ4v) is 4.00. The molecule has 2 aliphatic rings. The maximum atomic E-state index is 4.49. The van der Waals surface area contributed by atoms with Crippen LogP contribution in [0.4, 0.5) is 0 Å². The van der Waals surface area contributed by atoms with Gasteiger partial charge in [-0.1, -0.05) is 20.8 Å². The molecular weight excluding hydrogens is 284 g/mol. The molecule has 0 radical (unpaired) electrons. The van der Waals surface area contributed by atoms with Crippen LogP contribution in [0.2, 0.25) is 0 Å². The molecule has 4 heteroatoms. The SMILES string of the molecule is CC(C)c1ncc(CN2CCC(N3CCC[C@@H](C)C3)CC2)cn1. The number of aromatic nitrogens is 2. The molecule has 0 N–H and O–H groups in total. The quantitative estimate of drug-likeness (QED) is 0.853. The van der Waals surface area contributed by atoms with Gasteiger partial charge in [-0.15, -0.1) is 0 Å². The molecule has 0 unspecified atom stereocenters. The Balaban J connectivity index is 1.47. The van der Waals surface area contributed by atoms with Crippen molar-refractivity contribution in [3.8, 4) is 0 Å². The Morgan fingerprint density at radius 1 is 1.09 bits per heavy atom. The summed E-state index contributed by atoms with van der Waals surface area (Å²) >= 11 is 0. The van der Waals surface area contributed by atoms with E-state index in [-0.39, 0.29) is 0 Å². The molecule has 2 fully saturated rings. The van der Waals surface area contributed by atoms with Crippen LogP contribution in [0, 0.1) is 5.92 Å². The van der Waals surface area contributed by atoms with E-state index < -0.39 is 0 Å². The molecule has 0 saturated carbocycles. The Hall–Kier alpha value is -1.00. The average molecular weight is 316 g/mol. The van der Waals surface area contributed by atoms with Crippen molar-refractivity contribution in [2.24, 2.45) is 5.92 Å². The third-order valence-corrected chi connectivity index (χ3v) is 5.41. The largest absolute Gasteiger partial charge is 0.300 e. The van der Waals surface area contributed by atoms with E-state index in [0.29, 0.717) is 5.92 Å². The highest BCUT2D eigenvalue weighted by Crippen LogP contribution is 2.24. The van der Waals surface area contributed by atoms with Crippen LogP contribution in [0.25, 0.3) is 0 Å². The number of likely N-dealkylation sites (tertiary alicyclic amines) is 2. The van der Waals surface area contributed by atoms with Gasteiger partial charge in [-0.3, -0.25) is 4.90 Å². The summed E-state index contributed by atoms with van der Waals surface area (Å²) in [7, 11) is 0. The molecule has 0 bridgehead atoms. The first-order valence-corrected chi connectivity index (χ1v) is 9.39. The Morgan fingerprint density at radius 2 is 1.78 bits per heavy atom. The van der Waals surface area contributed by atoms with Gasteiger partial charge in [0.25, 0.3) is 0 Å². The summed E-state index contributed by atoms with van der Waals surface area (Å²) < 4.78 is 0. The number of piperidine rings is 2. The van der Waals surface area contributed by atoms with E-state index in [4.69, 9.17) is 0 Å². The molecule has 4 nitrogen and oxygen atoms in total. The van der Waals surface area contributed by atoms with Crippen molar-refractivity contribution in [2.75, 3.05) is 26.2 Å². The molecule has 0 aromatic carbocycles. The second kappa shape index (κ2) is 7.71. The second-order valence-corrected chi connectivity index (χ2v) is 7.85. The number of hydrogen-bond acceptors (Lipinski definition) is 4. The van der Waals surface area contributed by atoms with Crippen LogP contribution in [0.5, 0.6) is 0 Å². The van der Waals surface area contributed by atoms with Crippen molar-refractivity contribution in [3.63, 3.8) is 0 Å². The van der Waals surface area contributed by atoms with Gasteiger partial charge < -0.3 is 4.90 Å². The smallest absolute Gasteiger partial charge is 0.130 e. The van der Waals surface area contributed by atoms with E-state index >= 15 is 0 Å². The van der Waals surface area contributed by atoms with E-state index in [9.17, 15) is 0 Å². The molecule has 0 amide bonds. The van der Waals surface area contributed by atoms with Crippen molar-refractivity contribution >= 4 is 0 Å². The minimum atomic E-state index is 0.409. The lowest BCUT2D eigenvalue weighted by Gasteiger charge is -2.41. The van der Waals surface area contributed by atoms with Crippen LogP contribution < -0.4 is 0 Å². The fourth-order valence-electron chi connectivity index (χ4n) is 4.00. The molecule has 1 atom stereocenters. The van der Waals surface area contributed by atoms with Crippen molar-refractivity contribution < 1.29 is 0 Å². The fraction of sp³-hybridized carbons (Fsp3) is 0.789. The van der Waals surface area contributed by atoms with Crippen molar-refractivity contribution in [2.45, 2.75) is 65.0 Å². The summed E-state index contributed by atoms with van der Waals surface area (Å²) in [6, 6.07) is 0.813. The topological polar surface area (TPSA) is 32.3 Å². The van der Waals surface area contributed by atoms with Crippen LogP contribution in [0.3, 0.4) is 0 Å². The van der Waals surface area contributed by atoms with Gasteiger partial charge in [0.1, 0.15) is 5.82 Å². The monoisotopic (exact) mass is 316 g/mol. The molecule has 2 aliphatic heterocycles. The Morgan fingerprint density at radius 3 is 2.39 bits per heavy atom. The van der Waals surface area contributed by atoms with Crippen LogP contribution in [0.15, 0.2) is 12.4 Å². The van der Waals surface area contributed by atoms with E-state index in [0.717, 1.165) is 24.3 Å². The van der Waals surface area contributed by atoms with Gasteiger partial charge in [0, 0.05) is 43.0 Å². The van der Waals surface area contributed by atoms with E-state index in [1.165, 1.54) is 57.4 Å². The Kier molecular flexibility index (Phi) is 5.65. The Bertz CT molecular complexity index is 477.